The van der Waals surface area contributed by atoms with Crippen LogP contribution in [0.5, 0.6) is 0 Å². The van der Waals surface area contributed by atoms with Gasteiger partial charge in [-0.2, -0.15) is 18.3 Å². The van der Waals surface area contributed by atoms with Crippen LogP contribution in [0, 0.1) is 11.8 Å². The van der Waals surface area contributed by atoms with Gasteiger partial charge in [-0.15, -0.1) is 0 Å². The van der Waals surface area contributed by atoms with Gasteiger partial charge in [-0.05, 0) is 36.6 Å². The van der Waals surface area contributed by atoms with Gasteiger partial charge in [-0.1, -0.05) is 19.9 Å². The largest absolute Gasteiger partial charge is 0.481 e. The monoisotopic (exact) mass is 383 g/mol. The van der Waals surface area contributed by atoms with E-state index in [4.69, 9.17) is 0 Å². The standard InChI is InChI=1S/C18H20F3N3O3/c1-11(2)8-12(17(26)27)10-22-16(25)15-6-7-24(23-15)14-5-3-4-13(9-14)18(19,20)21/h3-7,9,11-12H,8,10H2,1-2H3,(H,22,25)(H,26,27). The molecular formula is C18H20F3N3O3. The minimum Gasteiger partial charge on any atom is -0.481 e. The highest BCUT2D eigenvalue weighted by Crippen LogP contribution is 2.30. The molecule has 0 aliphatic carbocycles. The van der Waals surface area contributed by atoms with Crippen LogP contribution < -0.4 is 5.32 Å². The Morgan fingerprint density at radius 1 is 1.26 bits per heavy atom. The van der Waals surface area contributed by atoms with E-state index in [0.29, 0.717) is 6.42 Å². The van der Waals surface area contributed by atoms with Gasteiger partial charge < -0.3 is 10.4 Å². The number of aromatic nitrogens is 2. The van der Waals surface area contributed by atoms with Crippen molar-refractivity contribution in [1.29, 1.82) is 0 Å². The van der Waals surface area contributed by atoms with Crippen molar-refractivity contribution in [2.45, 2.75) is 26.4 Å². The van der Waals surface area contributed by atoms with Gasteiger partial charge in [0, 0.05) is 12.7 Å². The minimum absolute atomic E-state index is 0.0129. The SMILES string of the molecule is CC(C)CC(CNC(=O)c1ccn(-c2cccc(C(F)(F)F)c2)n1)C(=O)O. The number of nitrogens with one attached hydrogen (secondary N) is 1. The number of carbonyl (C=O) groups is 2. The van der Waals surface area contributed by atoms with Gasteiger partial charge in [0.15, 0.2) is 5.69 Å². The van der Waals surface area contributed by atoms with Crippen LogP contribution in [0.25, 0.3) is 5.69 Å². The third-order valence-corrected chi connectivity index (χ3v) is 3.87. The number of amides is 1. The molecule has 0 bridgehead atoms. The van der Waals surface area contributed by atoms with E-state index in [1.54, 1.807) is 0 Å². The van der Waals surface area contributed by atoms with Crippen molar-refractivity contribution in [1.82, 2.24) is 15.1 Å². The first kappa shape index (κ1) is 20.5. The number of aliphatic carboxylic acids is 1. The number of carboxylic acid groups (broad SMARTS) is 1. The topological polar surface area (TPSA) is 84.2 Å². The molecule has 1 amide bonds. The number of carboxylic acids is 1. The van der Waals surface area contributed by atoms with Gasteiger partial charge in [0.1, 0.15) is 0 Å². The van der Waals surface area contributed by atoms with Crippen molar-refractivity contribution < 1.29 is 27.9 Å². The molecule has 146 valence electrons. The molecule has 27 heavy (non-hydrogen) atoms. The number of rotatable bonds is 7. The summed E-state index contributed by atoms with van der Waals surface area (Å²) in [6.07, 6.45) is -2.70. The van der Waals surface area contributed by atoms with Gasteiger partial charge in [0.2, 0.25) is 0 Å². The van der Waals surface area contributed by atoms with Gasteiger partial charge in [0.25, 0.3) is 5.91 Å². The first-order valence-corrected chi connectivity index (χ1v) is 8.32. The summed E-state index contributed by atoms with van der Waals surface area (Å²) in [5, 5.41) is 15.7. The molecule has 0 fully saturated rings. The fourth-order valence-electron chi connectivity index (χ4n) is 2.56. The Labute approximate surface area is 154 Å². The van der Waals surface area contributed by atoms with Crippen LogP contribution in [-0.4, -0.2) is 33.3 Å². The summed E-state index contributed by atoms with van der Waals surface area (Å²) in [5.74, 6) is -2.16. The Bertz CT molecular complexity index is 815. The maximum absolute atomic E-state index is 12.8. The average Bonchev–Trinajstić information content (AvgIpc) is 3.07. The molecule has 0 aliphatic rings. The van der Waals surface area contributed by atoms with Crippen LogP contribution in [-0.2, 0) is 11.0 Å². The Morgan fingerprint density at radius 3 is 2.56 bits per heavy atom. The maximum Gasteiger partial charge on any atom is 0.416 e. The molecule has 6 nitrogen and oxygen atoms in total. The van der Waals surface area contributed by atoms with Gasteiger partial charge in [-0.3, -0.25) is 9.59 Å². The lowest BCUT2D eigenvalue weighted by Crippen LogP contribution is -2.33. The number of hydrogen-bond donors (Lipinski definition) is 2. The van der Waals surface area contributed by atoms with E-state index in [0.717, 1.165) is 16.8 Å². The molecule has 1 aromatic heterocycles. The first-order chi connectivity index (χ1) is 12.6. The predicted molar refractivity (Wildman–Crippen MR) is 91.5 cm³/mol. The second kappa shape index (κ2) is 8.24. The second-order valence-electron chi connectivity index (χ2n) is 6.57. The Hall–Kier alpha value is -2.84. The Balaban J connectivity index is 2.09. The van der Waals surface area contributed by atoms with E-state index in [1.807, 2.05) is 13.8 Å². The smallest absolute Gasteiger partial charge is 0.416 e. The van der Waals surface area contributed by atoms with Gasteiger partial charge in [-0.25, -0.2) is 4.68 Å². The van der Waals surface area contributed by atoms with Crippen LogP contribution in [0.1, 0.15) is 36.3 Å². The summed E-state index contributed by atoms with van der Waals surface area (Å²) in [5.41, 5.74) is -0.673. The maximum atomic E-state index is 12.8. The second-order valence-corrected chi connectivity index (χ2v) is 6.57. The number of hydrogen-bond acceptors (Lipinski definition) is 3. The number of benzene rings is 1. The lowest BCUT2D eigenvalue weighted by atomic mass is 9.97. The first-order valence-electron chi connectivity index (χ1n) is 8.32. The summed E-state index contributed by atoms with van der Waals surface area (Å²) in [4.78, 5) is 23.4. The molecule has 0 saturated heterocycles. The molecule has 1 unspecified atom stereocenters. The third-order valence-electron chi connectivity index (χ3n) is 3.87. The molecule has 0 spiro atoms. The van der Waals surface area contributed by atoms with E-state index in [1.165, 1.54) is 24.4 Å². The predicted octanol–water partition coefficient (Wildman–Crippen LogP) is 3.37. The van der Waals surface area contributed by atoms with Crippen LogP contribution in [0.4, 0.5) is 13.2 Å². The number of alkyl halides is 3. The molecule has 0 aliphatic heterocycles. The Kier molecular flexibility index (Phi) is 6.24. The van der Waals surface area contributed by atoms with E-state index in [9.17, 15) is 27.9 Å². The quantitative estimate of drug-likeness (QED) is 0.768. The summed E-state index contributed by atoms with van der Waals surface area (Å²) in [7, 11) is 0. The van der Waals surface area contributed by atoms with Crippen molar-refractivity contribution in [2.75, 3.05) is 6.54 Å². The normalized spacial score (nSPS) is 12.8. The van der Waals surface area contributed by atoms with Crippen LogP contribution in [0.2, 0.25) is 0 Å². The molecule has 2 rings (SSSR count). The van der Waals surface area contributed by atoms with Gasteiger partial charge >= 0.3 is 12.1 Å². The minimum atomic E-state index is -4.48. The van der Waals surface area contributed by atoms with E-state index in [-0.39, 0.29) is 23.8 Å². The molecule has 2 aromatic rings. The third kappa shape index (κ3) is 5.57. The van der Waals surface area contributed by atoms with E-state index < -0.39 is 29.5 Å². The fourth-order valence-corrected chi connectivity index (χ4v) is 2.56. The highest BCUT2D eigenvalue weighted by molar-refractivity contribution is 5.92. The summed E-state index contributed by atoms with van der Waals surface area (Å²) in [6, 6.07) is 5.92. The number of halogens is 3. The number of nitrogens with zero attached hydrogens (tertiary/aromatic N) is 2. The zero-order chi connectivity index (χ0) is 20.2. The molecule has 2 N–H and O–H groups in total. The summed E-state index contributed by atoms with van der Waals surface area (Å²) < 4.78 is 39.6. The lowest BCUT2D eigenvalue weighted by molar-refractivity contribution is -0.142. The average molecular weight is 383 g/mol. The van der Waals surface area contributed by atoms with Crippen LogP contribution >= 0.6 is 0 Å². The molecule has 0 saturated carbocycles. The van der Waals surface area contributed by atoms with Crippen molar-refractivity contribution in [3.8, 4) is 5.69 Å². The van der Waals surface area contributed by atoms with Crippen molar-refractivity contribution in [2.24, 2.45) is 11.8 Å². The highest BCUT2D eigenvalue weighted by atomic mass is 19.4. The molecule has 9 heteroatoms. The fraction of sp³-hybridized carbons (Fsp3) is 0.389. The van der Waals surface area contributed by atoms with Crippen LogP contribution in [0.15, 0.2) is 36.5 Å². The van der Waals surface area contributed by atoms with Crippen LogP contribution in [0.3, 0.4) is 0 Å². The van der Waals surface area contributed by atoms with Crippen molar-refractivity contribution >= 4 is 11.9 Å². The van der Waals surface area contributed by atoms with Crippen molar-refractivity contribution in [3.05, 3.63) is 47.8 Å². The zero-order valence-electron chi connectivity index (χ0n) is 14.8. The van der Waals surface area contributed by atoms with Gasteiger partial charge in [0.05, 0.1) is 17.2 Å². The van der Waals surface area contributed by atoms with E-state index in [2.05, 4.69) is 10.4 Å². The molecule has 1 heterocycles. The van der Waals surface area contributed by atoms with Crippen molar-refractivity contribution in [3.63, 3.8) is 0 Å². The Morgan fingerprint density at radius 2 is 1.96 bits per heavy atom. The van der Waals surface area contributed by atoms with E-state index >= 15 is 0 Å². The lowest BCUT2D eigenvalue weighted by Gasteiger charge is -2.14. The molecule has 1 aromatic carbocycles. The molecule has 1 atom stereocenters. The molecular weight excluding hydrogens is 363 g/mol. The number of carbonyl (C=O) groups excluding carboxylic acids is 1. The summed E-state index contributed by atoms with van der Waals surface area (Å²) >= 11 is 0. The molecule has 0 radical (unpaired) electrons. The highest BCUT2D eigenvalue weighted by Gasteiger charge is 2.30. The zero-order valence-corrected chi connectivity index (χ0v) is 14.8. The summed E-state index contributed by atoms with van der Waals surface area (Å²) in [6.45, 7) is 3.71.